The Kier molecular flexibility index (Phi) is 1.63. The highest BCUT2D eigenvalue weighted by molar-refractivity contribution is 5.85. The number of hydrogen-bond acceptors (Lipinski definition) is 3. The summed E-state index contributed by atoms with van der Waals surface area (Å²) in [7, 11) is 0. The highest BCUT2D eigenvalue weighted by atomic mass is 16.4. The quantitative estimate of drug-likeness (QED) is 0.749. The van der Waals surface area contributed by atoms with Gasteiger partial charge in [0, 0.05) is 12.3 Å². The van der Waals surface area contributed by atoms with Crippen molar-refractivity contribution in [2.24, 2.45) is 0 Å². The molecule has 0 amide bonds. The Labute approximate surface area is 73.2 Å². The van der Waals surface area contributed by atoms with E-state index in [9.17, 15) is 4.79 Å². The van der Waals surface area contributed by atoms with E-state index in [0.29, 0.717) is 5.88 Å². The summed E-state index contributed by atoms with van der Waals surface area (Å²) in [6.45, 7) is 0. The maximum absolute atomic E-state index is 10.5. The lowest BCUT2D eigenvalue weighted by Gasteiger charge is -1.92. The highest BCUT2D eigenvalue weighted by Gasteiger charge is 2.08. The molecule has 2 heterocycles. The molecule has 2 aromatic rings. The topological polar surface area (TPSA) is 68.3 Å². The first-order valence-electron chi connectivity index (χ1n) is 3.60. The fourth-order valence-corrected chi connectivity index (χ4v) is 0.961. The molecule has 0 fully saturated rings. The van der Waals surface area contributed by atoms with Crippen molar-refractivity contribution < 1.29 is 14.3 Å². The van der Waals surface area contributed by atoms with E-state index in [1.165, 1.54) is 23.2 Å². The molecule has 0 aliphatic heterocycles. The van der Waals surface area contributed by atoms with Gasteiger partial charge in [0.05, 0.1) is 6.26 Å². The smallest absolute Gasteiger partial charge is 0.356 e. The molecule has 0 aromatic carbocycles. The summed E-state index contributed by atoms with van der Waals surface area (Å²) < 4.78 is 6.38. The van der Waals surface area contributed by atoms with Crippen molar-refractivity contribution in [1.29, 1.82) is 0 Å². The largest absolute Gasteiger partial charge is 0.476 e. The van der Waals surface area contributed by atoms with Crippen LogP contribution < -0.4 is 0 Å². The van der Waals surface area contributed by atoms with Crippen molar-refractivity contribution in [2.45, 2.75) is 0 Å². The normalized spacial score (nSPS) is 10.2. The van der Waals surface area contributed by atoms with Crippen molar-refractivity contribution >= 4 is 5.97 Å². The van der Waals surface area contributed by atoms with Gasteiger partial charge in [-0.3, -0.25) is 0 Å². The fraction of sp³-hybridized carbons (Fsp3) is 0. The zero-order chi connectivity index (χ0) is 9.26. The third-order valence-corrected chi connectivity index (χ3v) is 1.54. The molecule has 1 N–H and O–H groups in total. The highest BCUT2D eigenvalue weighted by Crippen LogP contribution is 2.07. The molecule has 0 atom stereocenters. The van der Waals surface area contributed by atoms with Crippen LogP contribution in [0.4, 0.5) is 0 Å². The molecule has 0 unspecified atom stereocenters. The van der Waals surface area contributed by atoms with Crippen LogP contribution in [0.1, 0.15) is 10.5 Å². The zero-order valence-corrected chi connectivity index (χ0v) is 6.54. The van der Waals surface area contributed by atoms with E-state index in [-0.39, 0.29) is 5.69 Å². The first-order chi connectivity index (χ1) is 6.27. The standard InChI is InChI=1S/C8H6N2O3/c11-8(12)6-3-4-10(9-6)7-2-1-5-13-7/h1-5H,(H,11,12). The van der Waals surface area contributed by atoms with E-state index >= 15 is 0 Å². The van der Waals surface area contributed by atoms with Gasteiger partial charge in [-0.25, -0.2) is 9.48 Å². The predicted octanol–water partition coefficient (Wildman–Crippen LogP) is 1.16. The molecule has 13 heavy (non-hydrogen) atoms. The van der Waals surface area contributed by atoms with Gasteiger partial charge in [0.15, 0.2) is 5.69 Å². The number of carboxylic acids is 1. The number of aromatic carboxylic acids is 1. The third-order valence-electron chi connectivity index (χ3n) is 1.54. The van der Waals surface area contributed by atoms with Crippen molar-refractivity contribution in [1.82, 2.24) is 9.78 Å². The summed E-state index contributed by atoms with van der Waals surface area (Å²) >= 11 is 0. The van der Waals surface area contributed by atoms with Gasteiger partial charge < -0.3 is 9.52 Å². The minimum Gasteiger partial charge on any atom is -0.476 e. The number of nitrogens with zero attached hydrogens (tertiary/aromatic N) is 2. The van der Waals surface area contributed by atoms with Crippen LogP contribution in [-0.2, 0) is 0 Å². The summed E-state index contributed by atoms with van der Waals surface area (Å²) in [5, 5.41) is 12.4. The molecule has 5 heteroatoms. The van der Waals surface area contributed by atoms with E-state index in [0.717, 1.165) is 0 Å². The Morgan fingerprint density at radius 3 is 2.92 bits per heavy atom. The Bertz CT molecular complexity index is 416. The van der Waals surface area contributed by atoms with Gasteiger partial charge in [0.25, 0.3) is 0 Å². The van der Waals surface area contributed by atoms with E-state index < -0.39 is 5.97 Å². The van der Waals surface area contributed by atoms with Gasteiger partial charge in [-0.15, -0.1) is 0 Å². The van der Waals surface area contributed by atoms with E-state index in [1.54, 1.807) is 12.1 Å². The van der Waals surface area contributed by atoms with Gasteiger partial charge in [0.1, 0.15) is 0 Å². The Morgan fingerprint density at radius 1 is 1.54 bits per heavy atom. The van der Waals surface area contributed by atoms with E-state index in [2.05, 4.69) is 5.10 Å². The fourth-order valence-electron chi connectivity index (χ4n) is 0.961. The maximum atomic E-state index is 10.5. The molecule has 2 rings (SSSR count). The molecule has 0 spiro atoms. The summed E-state index contributed by atoms with van der Waals surface area (Å²) in [5.74, 6) is -0.558. The van der Waals surface area contributed by atoms with Crippen LogP contribution in [0, 0.1) is 0 Å². The Morgan fingerprint density at radius 2 is 2.38 bits per heavy atom. The SMILES string of the molecule is O=C(O)c1ccn(-c2ccco2)n1. The number of rotatable bonds is 2. The van der Waals surface area contributed by atoms with Crippen molar-refractivity contribution in [3.05, 3.63) is 36.4 Å². The van der Waals surface area contributed by atoms with Gasteiger partial charge >= 0.3 is 5.97 Å². The van der Waals surface area contributed by atoms with Crippen molar-refractivity contribution in [3.8, 4) is 5.88 Å². The summed E-state index contributed by atoms with van der Waals surface area (Å²) in [4.78, 5) is 10.5. The van der Waals surface area contributed by atoms with Crippen LogP contribution in [-0.4, -0.2) is 20.9 Å². The number of furan rings is 1. The number of aromatic nitrogens is 2. The molecule has 0 saturated heterocycles. The Balaban J connectivity index is 2.39. The molecule has 0 aliphatic carbocycles. The second kappa shape index (κ2) is 2.78. The number of carbonyl (C=O) groups is 1. The third kappa shape index (κ3) is 1.31. The second-order valence-electron chi connectivity index (χ2n) is 2.40. The molecular formula is C8H6N2O3. The minimum absolute atomic E-state index is 0.00333. The van der Waals surface area contributed by atoms with E-state index in [1.807, 2.05) is 0 Å². The van der Waals surface area contributed by atoms with Crippen molar-refractivity contribution in [2.75, 3.05) is 0 Å². The molecular weight excluding hydrogens is 172 g/mol. The first kappa shape index (κ1) is 7.60. The van der Waals surface area contributed by atoms with Gasteiger partial charge in [-0.1, -0.05) is 0 Å². The van der Waals surface area contributed by atoms with Crippen LogP contribution >= 0.6 is 0 Å². The van der Waals surface area contributed by atoms with Gasteiger partial charge in [-0.2, -0.15) is 5.10 Å². The first-order valence-corrected chi connectivity index (χ1v) is 3.60. The van der Waals surface area contributed by atoms with Gasteiger partial charge in [0.2, 0.25) is 5.88 Å². The molecule has 0 bridgehead atoms. The summed E-state index contributed by atoms with van der Waals surface area (Å²) in [6, 6.07) is 4.81. The van der Waals surface area contributed by atoms with Crippen molar-refractivity contribution in [3.63, 3.8) is 0 Å². The molecule has 2 aromatic heterocycles. The van der Waals surface area contributed by atoms with Crippen LogP contribution in [0.25, 0.3) is 5.88 Å². The monoisotopic (exact) mass is 178 g/mol. The van der Waals surface area contributed by atoms with Crippen LogP contribution in [0.15, 0.2) is 35.1 Å². The number of carboxylic acid groups (broad SMARTS) is 1. The van der Waals surface area contributed by atoms with Crippen LogP contribution in [0.5, 0.6) is 0 Å². The lowest BCUT2D eigenvalue weighted by Crippen LogP contribution is -1.99. The second-order valence-corrected chi connectivity index (χ2v) is 2.40. The molecule has 0 radical (unpaired) electrons. The average Bonchev–Trinajstić information content (AvgIpc) is 2.75. The predicted molar refractivity (Wildman–Crippen MR) is 42.8 cm³/mol. The number of hydrogen-bond donors (Lipinski definition) is 1. The van der Waals surface area contributed by atoms with Crippen LogP contribution in [0.3, 0.4) is 0 Å². The summed E-state index contributed by atoms with van der Waals surface area (Å²) in [5.41, 5.74) is -0.00333. The Hall–Kier alpha value is -2.04. The van der Waals surface area contributed by atoms with E-state index in [4.69, 9.17) is 9.52 Å². The van der Waals surface area contributed by atoms with Crippen LogP contribution in [0.2, 0.25) is 0 Å². The van der Waals surface area contributed by atoms with Gasteiger partial charge in [-0.05, 0) is 12.1 Å². The maximum Gasteiger partial charge on any atom is 0.356 e. The lowest BCUT2D eigenvalue weighted by atomic mass is 10.5. The molecule has 0 saturated carbocycles. The molecule has 66 valence electrons. The molecule has 5 nitrogen and oxygen atoms in total. The molecule has 0 aliphatic rings. The summed E-state index contributed by atoms with van der Waals surface area (Å²) in [6.07, 6.45) is 3.03. The average molecular weight is 178 g/mol. The lowest BCUT2D eigenvalue weighted by molar-refractivity contribution is 0.0690. The zero-order valence-electron chi connectivity index (χ0n) is 6.54. The minimum atomic E-state index is -1.05.